The normalized spacial score (nSPS) is 17.4. The first-order valence-corrected chi connectivity index (χ1v) is 9.09. The van der Waals surface area contributed by atoms with Gasteiger partial charge in [0.05, 0.1) is 5.92 Å². The van der Waals surface area contributed by atoms with Crippen LogP contribution >= 0.6 is 0 Å². The number of carbonyl (C=O) groups is 2. The number of benzene rings is 1. The van der Waals surface area contributed by atoms with Gasteiger partial charge in [0, 0.05) is 25.3 Å². The quantitative estimate of drug-likeness (QED) is 0.750. The highest BCUT2D eigenvalue weighted by Gasteiger charge is 2.28. The smallest absolute Gasteiger partial charge is 0.321 e. The van der Waals surface area contributed by atoms with Crippen molar-refractivity contribution in [1.82, 2.24) is 10.2 Å². The van der Waals surface area contributed by atoms with Gasteiger partial charge in [-0.1, -0.05) is 44.4 Å². The van der Waals surface area contributed by atoms with Crippen LogP contribution in [0.3, 0.4) is 0 Å². The summed E-state index contributed by atoms with van der Waals surface area (Å²) in [5, 5.41) is 5.92. The van der Waals surface area contributed by atoms with Crippen LogP contribution in [-0.4, -0.2) is 36.5 Å². The van der Waals surface area contributed by atoms with Crippen LogP contribution in [0.5, 0.6) is 0 Å². The number of hydrogen-bond acceptors (Lipinski definition) is 2. The van der Waals surface area contributed by atoms with E-state index in [-0.39, 0.29) is 17.9 Å². The molecule has 2 N–H and O–H groups in total. The van der Waals surface area contributed by atoms with E-state index in [0.29, 0.717) is 13.1 Å². The highest BCUT2D eigenvalue weighted by Crippen LogP contribution is 2.18. The fraction of sp³-hybridized carbons (Fsp3) is 0.579. The second kappa shape index (κ2) is 9.96. The predicted octanol–water partition coefficient (Wildman–Crippen LogP) is 3.63. The van der Waals surface area contributed by atoms with Gasteiger partial charge in [0.15, 0.2) is 0 Å². The number of piperidine rings is 1. The first-order chi connectivity index (χ1) is 11.7. The third kappa shape index (κ3) is 5.87. The molecule has 1 heterocycles. The van der Waals surface area contributed by atoms with E-state index in [1.807, 2.05) is 30.3 Å². The summed E-state index contributed by atoms with van der Waals surface area (Å²) < 4.78 is 0. The van der Waals surface area contributed by atoms with Gasteiger partial charge < -0.3 is 15.5 Å². The summed E-state index contributed by atoms with van der Waals surface area (Å²) in [7, 11) is 0. The summed E-state index contributed by atoms with van der Waals surface area (Å²) >= 11 is 0. The highest BCUT2D eigenvalue weighted by molar-refractivity contribution is 5.90. The van der Waals surface area contributed by atoms with Crippen LogP contribution in [0.15, 0.2) is 30.3 Å². The SMILES string of the molecule is CCCCCCNC(=O)C1CCCN(C(=O)Nc2ccccc2)C1. The minimum absolute atomic E-state index is 0.0868. The minimum Gasteiger partial charge on any atom is -0.356 e. The molecule has 1 aliphatic rings. The molecule has 5 nitrogen and oxygen atoms in total. The van der Waals surface area contributed by atoms with E-state index in [0.717, 1.165) is 37.9 Å². The van der Waals surface area contributed by atoms with Crippen molar-refractivity contribution in [2.24, 2.45) is 5.92 Å². The highest BCUT2D eigenvalue weighted by atomic mass is 16.2. The molecule has 0 bridgehead atoms. The Kier molecular flexibility index (Phi) is 7.59. The molecule has 1 aromatic rings. The molecular formula is C19H29N3O2. The molecule has 1 atom stereocenters. The maximum absolute atomic E-state index is 12.4. The van der Waals surface area contributed by atoms with Crippen LogP contribution in [0.4, 0.5) is 10.5 Å². The summed E-state index contributed by atoms with van der Waals surface area (Å²) in [6.45, 7) is 4.12. The van der Waals surface area contributed by atoms with Gasteiger partial charge in [0.2, 0.25) is 5.91 Å². The molecule has 1 fully saturated rings. The van der Waals surface area contributed by atoms with Gasteiger partial charge in [-0.3, -0.25) is 4.79 Å². The number of nitrogens with one attached hydrogen (secondary N) is 2. The van der Waals surface area contributed by atoms with E-state index >= 15 is 0 Å². The van der Waals surface area contributed by atoms with Gasteiger partial charge in [-0.15, -0.1) is 0 Å². The molecule has 0 aromatic heterocycles. The van der Waals surface area contributed by atoms with Gasteiger partial charge in [-0.25, -0.2) is 4.79 Å². The van der Waals surface area contributed by atoms with E-state index in [1.54, 1.807) is 4.90 Å². The molecule has 1 saturated heterocycles. The Hall–Kier alpha value is -2.04. The lowest BCUT2D eigenvalue weighted by atomic mass is 9.97. The first kappa shape index (κ1) is 18.3. The van der Waals surface area contributed by atoms with Gasteiger partial charge in [-0.2, -0.15) is 0 Å². The monoisotopic (exact) mass is 331 g/mol. The fourth-order valence-corrected chi connectivity index (χ4v) is 3.01. The lowest BCUT2D eigenvalue weighted by molar-refractivity contribution is -0.126. The lowest BCUT2D eigenvalue weighted by Gasteiger charge is -2.32. The average molecular weight is 331 g/mol. The number of anilines is 1. The van der Waals surface area contributed by atoms with Crippen molar-refractivity contribution in [1.29, 1.82) is 0 Å². The first-order valence-electron chi connectivity index (χ1n) is 9.09. The molecular weight excluding hydrogens is 302 g/mol. The Balaban J connectivity index is 1.76. The number of para-hydroxylation sites is 1. The van der Waals surface area contributed by atoms with Crippen LogP contribution in [0.2, 0.25) is 0 Å². The number of hydrogen-bond donors (Lipinski definition) is 2. The average Bonchev–Trinajstić information content (AvgIpc) is 2.62. The van der Waals surface area contributed by atoms with Gasteiger partial charge in [0.1, 0.15) is 0 Å². The zero-order valence-electron chi connectivity index (χ0n) is 14.6. The van der Waals surface area contributed by atoms with Gasteiger partial charge in [0.25, 0.3) is 0 Å². The van der Waals surface area contributed by atoms with E-state index in [4.69, 9.17) is 0 Å². The molecule has 24 heavy (non-hydrogen) atoms. The van der Waals surface area contributed by atoms with E-state index in [1.165, 1.54) is 12.8 Å². The maximum atomic E-state index is 12.4. The van der Waals surface area contributed by atoms with Crippen LogP contribution in [-0.2, 0) is 4.79 Å². The zero-order valence-corrected chi connectivity index (χ0v) is 14.6. The number of carbonyl (C=O) groups excluding carboxylic acids is 2. The second-order valence-corrected chi connectivity index (χ2v) is 6.43. The molecule has 2 rings (SSSR count). The van der Waals surface area contributed by atoms with Crippen molar-refractivity contribution >= 4 is 17.6 Å². The maximum Gasteiger partial charge on any atom is 0.321 e. The van der Waals surface area contributed by atoms with Crippen molar-refractivity contribution in [3.05, 3.63) is 30.3 Å². The Morgan fingerprint density at radius 1 is 1.17 bits per heavy atom. The molecule has 0 aliphatic carbocycles. The standard InChI is InChI=1S/C19H29N3O2/c1-2-3-4-8-13-20-18(23)16-10-9-14-22(15-16)19(24)21-17-11-6-5-7-12-17/h5-7,11-12,16H,2-4,8-10,13-15H2,1H3,(H,20,23)(H,21,24). The third-order valence-electron chi connectivity index (χ3n) is 4.43. The number of likely N-dealkylation sites (tertiary alicyclic amines) is 1. The summed E-state index contributed by atoms with van der Waals surface area (Å²) in [4.78, 5) is 26.4. The largest absolute Gasteiger partial charge is 0.356 e. The van der Waals surface area contributed by atoms with E-state index in [2.05, 4.69) is 17.6 Å². The van der Waals surface area contributed by atoms with Crippen LogP contribution < -0.4 is 10.6 Å². The van der Waals surface area contributed by atoms with E-state index in [9.17, 15) is 9.59 Å². The summed E-state index contributed by atoms with van der Waals surface area (Å²) in [6.07, 6.45) is 6.33. The van der Waals surface area contributed by atoms with Gasteiger partial charge >= 0.3 is 6.03 Å². The number of nitrogens with zero attached hydrogens (tertiary/aromatic N) is 1. The molecule has 5 heteroatoms. The Bertz CT molecular complexity index is 519. The van der Waals surface area contributed by atoms with Crippen molar-refractivity contribution in [2.75, 3.05) is 25.0 Å². The predicted molar refractivity (Wildman–Crippen MR) is 96.9 cm³/mol. The zero-order chi connectivity index (χ0) is 17.2. The Labute approximate surface area is 144 Å². The molecule has 132 valence electrons. The molecule has 0 saturated carbocycles. The van der Waals surface area contributed by atoms with Crippen LogP contribution in [0.1, 0.15) is 45.4 Å². The van der Waals surface area contributed by atoms with Crippen LogP contribution in [0, 0.1) is 5.92 Å². The second-order valence-electron chi connectivity index (χ2n) is 6.43. The summed E-state index contributed by atoms with van der Waals surface area (Å²) in [6, 6.07) is 9.30. The van der Waals surface area contributed by atoms with Crippen LogP contribution in [0.25, 0.3) is 0 Å². The molecule has 0 spiro atoms. The van der Waals surface area contributed by atoms with Gasteiger partial charge in [-0.05, 0) is 31.4 Å². The molecule has 0 radical (unpaired) electrons. The number of amides is 3. The lowest BCUT2D eigenvalue weighted by Crippen LogP contribution is -2.47. The summed E-state index contributed by atoms with van der Waals surface area (Å²) in [5.74, 6) is -0.00448. The third-order valence-corrected chi connectivity index (χ3v) is 4.43. The van der Waals surface area contributed by atoms with Crippen molar-refractivity contribution in [2.45, 2.75) is 45.4 Å². The minimum atomic E-state index is -0.123. The van der Waals surface area contributed by atoms with E-state index < -0.39 is 0 Å². The van der Waals surface area contributed by atoms with Crippen molar-refractivity contribution < 1.29 is 9.59 Å². The topological polar surface area (TPSA) is 61.4 Å². The number of rotatable bonds is 7. The molecule has 3 amide bonds. The molecule has 1 aliphatic heterocycles. The Morgan fingerprint density at radius 3 is 2.71 bits per heavy atom. The summed E-state index contributed by atoms with van der Waals surface area (Å²) in [5.41, 5.74) is 0.782. The van der Waals surface area contributed by atoms with Crippen molar-refractivity contribution in [3.8, 4) is 0 Å². The van der Waals surface area contributed by atoms with Crippen molar-refractivity contribution in [3.63, 3.8) is 0 Å². The molecule has 1 aromatic carbocycles. The molecule has 1 unspecified atom stereocenters. The Morgan fingerprint density at radius 2 is 1.96 bits per heavy atom. The number of urea groups is 1. The number of unbranched alkanes of at least 4 members (excludes halogenated alkanes) is 3. The fourth-order valence-electron chi connectivity index (χ4n) is 3.01.